The molecule has 3 rings (SSSR count). The van der Waals surface area contributed by atoms with Crippen LogP contribution in [0.15, 0.2) is 71.7 Å². The van der Waals surface area contributed by atoms with Gasteiger partial charge >= 0.3 is 23.9 Å². The molecule has 0 amide bonds. The minimum absolute atomic E-state index is 0.127. The number of carbonyl (C=O) groups is 4. The predicted molar refractivity (Wildman–Crippen MR) is 222 cm³/mol. The summed E-state index contributed by atoms with van der Waals surface area (Å²) in [5.74, 6) is -3.11. The van der Waals surface area contributed by atoms with Gasteiger partial charge in [-0.25, -0.2) is 4.79 Å². The van der Waals surface area contributed by atoms with Gasteiger partial charge in [0.1, 0.15) is 24.6 Å². The highest BCUT2D eigenvalue weighted by atomic mass is 16.7. The van der Waals surface area contributed by atoms with Gasteiger partial charge in [0.05, 0.1) is 31.2 Å². The Hall–Kier alpha value is -5.11. The van der Waals surface area contributed by atoms with Crippen LogP contribution in [0.25, 0.3) is 10.4 Å². The van der Waals surface area contributed by atoms with Crippen LogP contribution < -0.4 is 4.74 Å². The highest BCUT2D eigenvalue weighted by molar-refractivity contribution is 5.89. The lowest BCUT2D eigenvalue weighted by Gasteiger charge is -2.44. The van der Waals surface area contributed by atoms with E-state index in [9.17, 15) is 24.7 Å². The molecule has 1 aliphatic heterocycles. The Balaban J connectivity index is 1.92. The smallest absolute Gasteiger partial charge is 0.338 e. The molecule has 15 heteroatoms. The van der Waals surface area contributed by atoms with Crippen molar-refractivity contribution in [1.82, 2.24) is 0 Å². The Morgan fingerprint density at radius 3 is 1.98 bits per heavy atom. The van der Waals surface area contributed by atoms with Gasteiger partial charge in [-0.2, -0.15) is 0 Å². The molecule has 1 saturated heterocycles. The summed E-state index contributed by atoms with van der Waals surface area (Å²) in [5.41, 5.74) is 10.5. The quantitative estimate of drug-likeness (QED) is 0.0150. The SMILES string of the molecule is [2H]CC(=O)OC[C@H]1OC(OC=C(N=[N+]=[N-])[C@@H](CCCCCCCCCCCCCCC)OC(=O)c2ccccc2)[C@@H](OCc2ccc(OC)cc2)[C@@H](OC(=O)C[2H])[C@H]1OC(=O)C[2H]. The van der Waals surface area contributed by atoms with Crippen LogP contribution in [0.3, 0.4) is 0 Å². The Labute approximate surface area is 358 Å². The van der Waals surface area contributed by atoms with Crippen molar-refractivity contribution >= 4 is 23.9 Å². The maximum atomic E-state index is 13.4. The second kappa shape index (κ2) is 28.4. The second-order valence-electron chi connectivity index (χ2n) is 14.4. The Kier molecular flexibility index (Phi) is 21.0. The summed E-state index contributed by atoms with van der Waals surface area (Å²) in [6, 6.07) is 15.1. The maximum Gasteiger partial charge on any atom is 0.338 e. The molecule has 6 atom stereocenters. The normalized spacial score (nSPS) is 19.9. The Morgan fingerprint density at radius 1 is 0.800 bits per heavy atom. The summed E-state index contributed by atoms with van der Waals surface area (Å²) < 4.78 is 68.7. The van der Waals surface area contributed by atoms with Crippen molar-refractivity contribution in [2.24, 2.45) is 5.11 Å². The van der Waals surface area contributed by atoms with E-state index >= 15 is 0 Å². The fourth-order valence-corrected chi connectivity index (χ4v) is 6.71. The van der Waals surface area contributed by atoms with Crippen molar-refractivity contribution < 1.29 is 61.2 Å². The topological polar surface area (TPSA) is 191 Å². The molecule has 1 aliphatic rings. The molecule has 0 radical (unpaired) electrons. The summed E-state index contributed by atoms with van der Waals surface area (Å²) in [6.45, 7) is -0.941. The molecule has 1 heterocycles. The van der Waals surface area contributed by atoms with Crippen LogP contribution in [0.1, 0.15) is 138 Å². The van der Waals surface area contributed by atoms with E-state index in [4.69, 9.17) is 42.0 Å². The number of esters is 4. The predicted octanol–water partition coefficient (Wildman–Crippen LogP) is 9.61. The first-order valence-corrected chi connectivity index (χ1v) is 20.7. The van der Waals surface area contributed by atoms with Crippen LogP contribution in [0, 0.1) is 0 Å². The molecule has 2 aromatic rings. The monoisotopic (exact) mass is 840 g/mol. The molecule has 1 unspecified atom stereocenters. The Bertz CT molecular complexity index is 1730. The number of carbonyl (C=O) groups excluding carboxylic acids is 4. The lowest BCUT2D eigenvalue weighted by Crippen LogP contribution is -2.62. The summed E-state index contributed by atoms with van der Waals surface area (Å²) in [5, 5.41) is 3.85. The number of ether oxygens (including phenoxy) is 8. The number of nitrogens with zero attached hydrogens (tertiary/aromatic N) is 3. The number of azide groups is 1. The van der Waals surface area contributed by atoms with Gasteiger partial charge in [0, 0.05) is 29.7 Å². The maximum absolute atomic E-state index is 13.4. The fourth-order valence-electron chi connectivity index (χ4n) is 6.71. The number of rotatable bonds is 28. The summed E-state index contributed by atoms with van der Waals surface area (Å²) in [7, 11) is 1.51. The van der Waals surface area contributed by atoms with Gasteiger partial charge in [-0.15, -0.1) is 0 Å². The van der Waals surface area contributed by atoms with Gasteiger partial charge in [0.15, 0.2) is 18.3 Å². The van der Waals surface area contributed by atoms with Crippen molar-refractivity contribution in [2.75, 3.05) is 13.7 Å². The zero-order chi connectivity index (χ0) is 45.7. The molecule has 0 spiro atoms. The number of hydrogen-bond donors (Lipinski definition) is 0. The number of benzene rings is 2. The minimum atomic E-state index is -1.58. The molecule has 2 aromatic carbocycles. The molecule has 0 saturated carbocycles. The lowest BCUT2D eigenvalue weighted by atomic mass is 9.98. The molecule has 15 nitrogen and oxygen atoms in total. The average molecular weight is 841 g/mol. The van der Waals surface area contributed by atoms with Gasteiger partial charge < -0.3 is 37.9 Å². The Morgan fingerprint density at radius 2 is 1.40 bits per heavy atom. The first-order valence-electron chi connectivity index (χ1n) is 22.8. The third kappa shape index (κ3) is 18.4. The van der Waals surface area contributed by atoms with Crippen LogP contribution in [-0.4, -0.2) is 74.4 Å². The van der Waals surface area contributed by atoms with Crippen molar-refractivity contribution in [2.45, 2.75) is 161 Å². The van der Waals surface area contributed by atoms with Gasteiger partial charge in [-0.05, 0) is 48.2 Å². The molecule has 330 valence electrons. The van der Waals surface area contributed by atoms with Crippen molar-refractivity contribution in [1.29, 1.82) is 0 Å². The van der Waals surface area contributed by atoms with Crippen LogP contribution in [0.2, 0.25) is 0 Å². The van der Waals surface area contributed by atoms with E-state index in [-0.39, 0.29) is 24.3 Å². The molecule has 0 bridgehead atoms. The average Bonchev–Trinajstić information content (AvgIpc) is 3.31. The van der Waals surface area contributed by atoms with Crippen molar-refractivity contribution in [3.63, 3.8) is 0 Å². The molecule has 0 N–H and O–H groups in total. The summed E-state index contributed by atoms with van der Waals surface area (Å²) in [4.78, 5) is 53.8. The third-order valence-electron chi connectivity index (χ3n) is 9.78. The zero-order valence-corrected chi connectivity index (χ0v) is 34.9. The molecule has 1 fully saturated rings. The lowest BCUT2D eigenvalue weighted by molar-refractivity contribution is -0.304. The van der Waals surface area contributed by atoms with Gasteiger partial charge in [0.25, 0.3) is 0 Å². The van der Waals surface area contributed by atoms with Gasteiger partial charge in [-0.1, -0.05) is 119 Å². The van der Waals surface area contributed by atoms with E-state index in [0.29, 0.717) is 17.7 Å². The van der Waals surface area contributed by atoms with E-state index in [1.165, 1.54) is 58.5 Å². The standard InChI is InChI=1S/C45H63N3O12/c1-6-7-8-9-10-11-12-13-14-15-16-17-21-24-39(59-44(52)36-22-19-18-20-23-36)38(47-48-46)30-56-45-43(55-29-35-25-27-37(53-5)28-26-35)42(58-34(4)51)41(57-33(3)50)40(60-45)31-54-32(2)49/h18-20,22-23,25-28,30,39-43,45H,6-17,21,24,29,31H2,1-5H3/t39-,40-,41+,42+,43+,45?/m1/s1/i2D,3D,4D. The first kappa shape index (κ1) is 44.4. The highest BCUT2D eigenvalue weighted by Gasteiger charge is 2.52. The molecular formula is C45H63N3O12. The largest absolute Gasteiger partial charge is 0.497 e. The summed E-state index contributed by atoms with van der Waals surface area (Å²) in [6.07, 6.45) is 7.38. The van der Waals surface area contributed by atoms with E-state index in [2.05, 4.69) is 16.9 Å². The number of methoxy groups -OCH3 is 1. The minimum Gasteiger partial charge on any atom is -0.497 e. The van der Waals surface area contributed by atoms with Crippen LogP contribution in [0.4, 0.5) is 0 Å². The van der Waals surface area contributed by atoms with Crippen LogP contribution >= 0.6 is 0 Å². The van der Waals surface area contributed by atoms with Crippen LogP contribution in [-0.2, 0) is 54.1 Å². The zero-order valence-electron chi connectivity index (χ0n) is 37.9. The van der Waals surface area contributed by atoms with Crippen LogP contribution in [0.5, 0.6) is 5.75 Å². The van der Waals surface area contributed by atoms with Crippen molar-refractivity contribution in [3.05, 3.63) is 88.1 Å². The van der Waals surface area contributed by atoms with E-state index < -0.39 is 88.0 Å². The van der Waals surface area contributed by atoms with Gasteiger partial charge in [0.2, 0.25) is 6.29 Å². The second-order valence-corrected chi connectivity index (χ2v) is 14.4. The van der Waals surface area contributed by atoms with E-state index in [1.54, 1.807) is 54.6 Å². The third-order valence-corrected chi connectivity index (χ3v) is 9.78. The fraction of sp³-hybridized carbons (Fsp3) is 0.600. The first-order chi connectivity index (χ1) is 30.7. The van der Waals surface area contributed by atoms with E-state index in [0.717, 1.165) is 31.9 Å². The van der Waals surface area contributed by atoms with E-state index in [1.807, 2.05) is 0 Å². The van der Waals surface area contributed by atoms with Gasteiger partial charge in [-0.3, -0.25) is 14.4 Å². The molecular weight excluding hydrogens is 775 g/mol. The van der Waals surface area contributed by atoms with Crippen molar-refractivity contribution in [3.8, 4) is 5.75 Å². The number of unbranched alkanes of at least 4 members (excludes halogenated alkanes) is 12. The molecule has 0 aromatic heterocycles. The summed E-state index contributed by atoms with van der Waals surface area (Å²) >= 11 is 0. The number of hydrogen-bond acceptors (Lipinski definition) is 13. The highest BCUT2D eigenvalue weighted by Crippen LogP contribution is 2.32. The molecule has 0 aliphatic carbocycles. The molecule has 60 heavy (non-hydrogen) atoms.